The lowest BCUT2D eigenvalue weighted by atomic mass is 10.1. The molecule has 7 nitrogen and oxygen atoms in total. The Bertz CT molecular complexity index is 715. The van der Waals surface area contributed by atoms with Gasteiger partial charge < -0.3 is 14.5 Å². The predicted molar refractivity (Wildman–Crippen MR) is 113 cm³/mol. The van der Waals surface area contributed by atoms with Gasteiger partial charge in [0, 0.05) is 43.9 Å². The molecular formula is C22H33N3O4. The highest BCUT2D eigenvalue weighted by Crippen LogP contribution is 2.16. The van der Waals surface area contributed by atoms with E-state index in [1.54, 1.807) is 49.9 Å². The predicted octanol–water partition coefficient (Wildman–Crippen LogP) is 3.75. The van der Waals surface area contributed by atoms with Crippen LogP contribution in [-0.2, 0) is 9.53 Å². The Kier molecular flexibility index (Phi) is 7.65. The lowest BCUT2D eigenvalue weighted by molar-refractivity contribution is -0.132. The van der Waals surface area contributed by atoms with Gasteiger partial charge >= 0.3 is 6.09 Å². The van der Waals surface area contributed by atoms with Crippen molar-refractivity contribution >= 4 is 23.6 Å². The number of benzene rings is 1. The van der Waals surface area contributed by atoms with Gasteiger partial charge in [-0.25, -0.2) is 4.79 Å². The van der Waals surface area contributed by atoms with E-state index in [2.05, 4.69) is 19.2 Å². The smallest absolute Gasteiger partial charge is 0.412 e. The van der Waals surface area contributed by atoms with Crippen LogP contribution in [0, 0.1) is 5.92 Å². The first-order valence-corrected chi connectivity index (χ1v) is 10.2. The summed E-state index contributed by atoms with van der Waals surface area (Å²) in [5.41, 5.74) is 0.550. The largest absolute Gasteiger partial charge is 0.444 e. The van der Waals surface area contributed by atoms with Crippen molar-refractivity contribution in [3.8, 4) is 0 Å². The van der Waals surface area contributed by atoms with E-state index in [4.69, 9.17) is 4.74 Å². The number of ether oxygens (including phenoxy) is 1. The summed E-state index contributed by atoms with van der Waals surface area (Å²) in [6.45, 7) is 11.8. The molecule has 1 heterocycles. The van der Waals surface area contributed by atoms with Crippen molar-refractivity contribution < 1.29 is 19.1 Å². The van der Waals surface area contributed by atoms with Crippen LogP contribution in [0.25, 0.3) is 0 Å². The van der Waals surface area contributed by atoms with Crippen LogP contribution in [0.5, 0.6) is 0 Å². The Hall–Kier alpha value is -2.57. The third kappa shape index (κ3) is 7.40. The first-order valence-electron chi connectivity index (χ1n) is 10.2. The zero-order valence-electron chi connectivity index (χ0n) is 18.2. The van der Waals surface area contributed by atoms with Crippen LogP contribution in [0.4, 0.5) is 10.5 Å². The number of hydrogen-bond acceptors (Lipinski definition) is 4. The van der Waals surface area contributed by atoms with Crippen molar-refractivity contribution in [1.29, 1.82) is 0 Å². The zero-order chi connectivity index (χ0) is 21.6. The first-order chi connectivity index (χ1) is 13.5. The minimum atomic E-state index is -0.571. The maximum atomic E-state index is 12.7. The highest BCUT2D eigenvalue weighted by atomic mass is 16.6. The van der Waals surface area contributed by atoms with Gasteiger partial charge in [-0.05, 0) is 57.4 Å². The molecule has 1 aromatic rings. The van der Waals surface area contributed by atoms with Crippen LogP contribution in [-0.4, -0.2) is 59.5 Å². The van der Waals surface area contributed by atoms with Crippen LogP contribution in [0.1, 0.15) is 57.8 Å². The van der Waals surface area contributed by atoms with Gasteiger partial charge in [-0.15, -0.1) is 0 Å². The van der Waals surface area contributed by atoms with E-state index >= 15 is 0 Å². The summed E-state index contributed by atoms with van der Waals surface area (Å²) in [5.74, 6) is 0.612. The number of nitrogens with zero attached hydrogens (tertiary/aromatic N) is 2. The molecule has 0 unspecified atom stereocenters. The fourth-order valence-electron chi connectivity index (χ4n) is 3.03. The molecule has 1 N–H and O–H groups in total. The minimum absolute atomic E-state index is 0.0666. The molecule has 0 aromatic heterocycles. The van der Waals surface area contributed by atoms with Crippen LogP contribution in [0.2, 0.25) is 0 Å². The average Bonchev–Trinajstić information content (AvgIpc) is 2.64. The number of nitrogens with one attached hydrogen (secondary N) is 1. The molecule has 29 heavy (non-hydrogen) atoms. The van der Waals surface area contributed by atoms with E-state index in [1.807, 2.05) is 4.90 Å². The van der Waals surface area contributed by atoms with Crippen molar-refractivity contribution in [1.82, 2.24) is 9.80 Å². The summed E-state index contributed by atoms with van der Waals surface area (Å²) in [7, 11) is 0. The fraction of sp³-hybridized carbons (Fsp3) is 0.591. The molecule has 0 atom stereocenters. The minimum Gasteiger partial charge on any atom is -0.444 e. The molecule has 0 radical (unpaired) electrons. The highest BCUT2D eigenvalue weighted by Gasteiger charge is 2.25. The molecule has 7 heteroatoms. The summed E-state index contributed by atoms with van der Waals surface area (Å²) < 4.78 is 5.22. The Labute approximate surface area is 173 Å². The Morgan fingerprint density at radius 3 is 2.07 bits per heavy atom. The molecule has 0 aliphatic carbocycles. The number of carbonyl (C=O) groups excluding carboxylic acids is 3. The van der Waals surface area contributed by atoms with Gasteiger partial charge in [-0.2, -0.15) is 0 Å². The zero-order valence-corrected chi connectivity index (χ0v) is 18.2. The number of rotatable bonds is 5. The Balaban J connectivity index is 1.85. The maximum Gasteiger partial charge on any atom is 0.412 e. The van der Waals surface area contributed by atoms with Crippen LogP contribution in [0.15, 0.2) is 24.3 Å². The van der Waals surface area contributed by atoms with E-state index in [0.717, 1.165) is 6.42 Å². The molecular weight excluding hydrogens is 370 g/mol. The molecule has 1 aromatic carbocycles. The molecule has 0 saturated carbocycles. The molecule has 160 valence electrons. The van der Waals surface area contributed by atoms with E-state index in [1.165, 1.54) is 0 Å². The first kappa shape index (κ1) is 22.7. The summed E-state index contributed by atoms with van der Waals surface area (Å²) in [6, 6.07) is 6.75. The number of amides is 3. The molecule has 1 aliphatic rings. The van der Waals surface area contributed by atoms with Crippen LogP contribution < -0.4 is 5.32 Å². The topological polar surface area (TPSA) is 79.0 Å². The van der Waals surface area contributed by atoms with Crippen molar-refractivity contribution in [3.05, 3.63) is 29.8 Å². The molecule has 1 fully saturated rings. The van der Waals surface area contributed by atoms with Gasteiger partial charge in [0.25, 0.3) is 5.91 Å². The second kappa shape index (κ2) is 9.76. The normalized spacial score (nSPS) is 14.7. The van der Waals surface area contributed by atoms with E-state index in [9.17, 15) is 14.4 Å². The molecule has 1 saturated heterocycles. The fourth-order valence-corrected chi connectivity index (χ4v) is 3.03. The second-order valence-electron chi connectivity index (χ2n) is 8.81. The Morgan fingerprint density at radius 2 is 1.55 bits per heavy atom. The summed E-state index contributed by atoms with van der Waals surface area (Å²) in [5, 5.41) is 2.65. The van der Waals surface area contributed by atoms with Gasteiger partial charge in [0.15, 0.2) is 0 Å². The van der Waals surface area contributed by atoms with Gasteiger partial charge in [0.2, 0.25) is 5.91 Å². The lowest BCUT2D eigenvalue weighted by Gasteiger charge is -2.35. The van der Waals surface area contributed by atoms with Crippen molar-refractivity contribution in [2.75, 3.05) is 31.5 Å². The monoisotopic (exact) mass is 403 g/mol. The number of carbonyl (C=O) groups is 3. The van der Waals surface area contributed by atoms with Crippen LogP contribution >= 0.6 is 0 Å². The number of hydrogen-bond donors (Lipinski definition) is 1. The standard InChI is InChI=1S/C22H33N3O4/c1-16(2)6-11-19(26)24-12-14-25(15-13-24)20(27)17-7-9-18(10-8-17)23-21(28)29-22(3,4)5/h7-10,16H,6,11-15H2,1-5H3,(H,23,28). The molecule has 3 amide bonds. The van der Waals surface area contributed by atoms with E-state index in [0.29, 0.717) is 49.8 Å². The third-order valence-corrected chi connectivity index (χ3v) is 4.63. The van der Waals surface area contributed by atoms with Crippen molar-refractivity contribution in [2.45, 2.75) is 53.1 Å². The van der Waals surface area contributed by atoms with Gasteiger partial charge in [-0.3, -0.25) is 14.9 Å². The maximum absolute atomic E-state index is 12.7. The number of anilines is 1. The van der Waals surface area contributed by atoms with Crippen molar-refractivity contribution in [3.63, 3.8) is 0 Å². The molecule has 0 spiro atoms. The van der Waals surface area contributed by atoms with Crippen molar-refractivity contribution in [2.24, 2.45) is 5.92 Å². The lowest BCUT2D eigenvalue weighted by Crippen LogP contribution is -2.50. The molecule has 0 bridgehead atoms. The average molecular weight is 404 g/mol. The SMILES string of the molecule is CC(C)CCC(=O)N1CCN(C(=O)c2ccc(NC(=O)OC(C)(C)C)cc2)CC1. The molecule has 1 aliphatic heterocycles. The summed E-state index contributed by atoms with van der Waals surface area (Å²) >= 11 is 0. The van der Waals surface area contributed by atoms with Gasteiger partial charge in [-0.1, -0.05) is 13.8 Å². The summed E-state index contributed by atoms with van der Waals surface area (Å²) in [4.78, 5) is 40.4. The highest BCUT2D eigenvalue weighted by molar-refractivity contribution is 5.95. The Morgan fingerprint density at radius 1 is 1.00 bits per heavy atom. The quantitative estimate of drug-likeness (QED) is 0.812. The van der Waals surface area contributed by atoms with E-state index in [-0.39, 0.29) is 11.8 Å². The van der Waals surface area contributed by atoms with Gasteiger partial charge in [0.1, 0.15) is 5.60 Å². The number of piperazine rings is 1. The van der Waals surface area contributed by atoms with Crippen LogP contribution in [0.3, 0.4) is 0 Å². The molecule has 2 rings (SSSR count). The summed E-state index contributed by atoms with van der Waals surface area (Å²) in [6.07, 6.45) is 0.925. The van der Waals surface area contributed by atoms with Gasteiger partial charge in [0.05, 0.1) is 0 Å². The van der Waals surface area contributed by atoms with E-state index < -0.39 is 11.7 Å². The second-order valence-corrected chi connectivity index (χ2v) is 8.81. The third-order valence-electron chi connectivity index (χ3n) is 4.63.